The molecule has 2 amide bonds. The first kappa shape index (κ1) is 13.9. The first-order chi connectivity index (χ1) is 8.10. The van der Waals surface area contributed by atoms with Gasteiger partial charge in [0, 0.05) is 6.54 Å². The monoisotopic (exact) mass is 243 g/mol. The van der Waals surface area contributed by atoms with E-state index in [0.29, 0.717) is 6.54 Å². The number of carbonyl (C=O) groups excluding carboxylic acids is 2. The summed E-state index contributed by atoms with van der Waals surface area (Å²) in [4.78, 5) is 27.3. The topological polar surface area (TPSA) is 93.4 Å². The van der Waals surface area contributed by atoms with E-state index in [9.17, 15) is 9.59 Å². The van der Waals surface area contributed by atoms with Gasteiger partial charge in [0.2, 0.25) is 5.91 Å². The van der Waals surface area contributed by atoms with Crippen LogP contribution in [0.5, 0.6) is 0 Å². The quantitative estimate of drug-likeness (QED) is 0.558. The third kappa shape index (κ3) is 3.98. The standard InChI is InChI=1S/C11H21N3O3/c1-2-4-11(5-3-6-13-8-11)10(16)14-17-7-9(12)15/h13H,2-8H2,1H3,(H2,12,15)(H,14,16). The summed E-state index contributed by atoms with van der Waals surface area (Å²) in [6.07, 6.45) is 3.57. The molecule has 0 spiro atoms. The maximum atomic E-state index is 12.1. The summed E-state index contributed by atoms with van der Waals surface area (Å²) in [5.41, 5.74) is 6.84. The Hall–Kier alpha value is -1.14. The van der Waals surface area contributed by atoms with Gasteiger partial charge in [0.1, 0.15) is 0 Å². The van der Waals surface area contributed by atoms with Crippen molar-refractivity contribution in [2.75, 3.05) is 19.7 Å². The normalized spacial score (nSPS) is 24.3. The summed E-state index contributed by atoms with van der Waals surface area (Å²) in [6, 6.07) is 0. The van der Waals surface area contributed by atoms with Crippen LogP contribution in [0.4, 0.5) is 0 Å². The van der Waals surface area contributed by atoms with E-state index in [0.717, 1.165) is 32.2 Å². The van der Waals surface area contributed by atoms with Crippen LogP contribution >= 0.6 is 0 Å². The fourth-order valence-electron chi connectivity index (χ4n) is 2.25. The molecule has 4 N–H and O–H groups in total. The number of amides is 2. The van der Waals surface area contributed by atoms with Crippen molar-refractivity contribution in [2.45, 2.75) is 32.6 Å². The molecule has 0 aromatic carbocycles. The lowest BCUT2D eigenvalue weighted by Gasteiger charge is -2.35. The Kier molecular flexibility index (Phi) is 5.37. The molecule has 1 atom stereocenters. The van der Waals surface area contributed by atoms with Gasteiger partial charge in [0.15, 0.2) is 6.61 Å². The van der Waals surface area contributed by atoms with E-state index in [1.165, 1.54) is 0 Å². The molecule has 1 fully saturated rings. The molecule has 6 heteroatoms. The summed E-state index contributed by atoms with van der Waals surface area (Å²) in [6.45, 7) is 3.36. The van der Waals surface area contributed by atoms with Crippen LogP contribution in [0, 0.1) is 5.41 Å². The van der Waals surface area contributed by atoms with E-state index in [1.807, 2.05) is 6.92 Å². The number of nitrogens with one attached hydrogen (secondary N) is 2. The molecule has 1 heterocycles. The summed E-state index contributed by atoms with van der Waals surface area (Å²) in [7, 11) is 0. The van der Waals surface area contributed by atoms with E-state index in [-0.39, 0.29) is 12.5 Å². The van der Waals surface area contributed by atoms with Crippen molar-refractivity contribution in [3.63, 3.8) is 0 Å². The largest absolute Gasteiger partial charge is 0.368 e. The summed E-state index contributed by atoms with van der Waals surface area (Å²) < 4.78 is 0. The zero-order chi connectivity index (χ0) is 12.7. The highest BCUT2D eigenvalue weighted by Crippen LogP contribution is 2.31. The lowest BCUT2D eigenvalue weighted by molar-refractivity contribution is -0.148. The molecule has 1 aliphatic rings. The average molecular weight is 243 g/mol. The lowest BCUT2D eigenvalue weighted by Crippen LogP contribution is -2.50. The Balaban J connectivity index is 2.50. The number of hydrogen-bond acceptors (Lipinski definition) is 4. The van der Waals surface area contributed by atoms with Crippen molar-refractivity contribution in [2.24, 2.45) is 11.1 Å². The summed E-state index contributed by atoms with van der Waals surface area (Å²) in [5, 5.41) is 3.23. The van der Waals surface area contributed by atoms with E-state index in [1.54, 1.807) is 0 Å². The second kappa shape index (κ2) is 6.56. The fourth-order valence-corrected chi connectivity index (χ4v) is 2.25. The van der Waals surface area contributed by atoms with Crippen LogP contribution in [0.25, 0.3) is 0 Å². The van der Waals surface area contributed by atoms with Crippen LogP contribution in [0.2, 0.25) is 0 Å². The number of nitrogens with two attached hydrogens (primary N) is 1. The van der Waals surface area contributed by atoms with E-state index >= 15 is 0 Å². The molecule has 1 rings (SSSR count). The van der Waals surface area contributed by atoms with Gasteiger partial charge in [0.05, 0.1) is 5.41 Å². The van der Waals surface area contributed by atoms with Crippen molar-refractivity contribution in [3.05, 3.63) is 0 Å². The van der Waals surface area contributed by atoms with Crippen molar-refractivity contribution in [1.82, 2.24) is 10.8 Å². The smallest absolute Gasteiger partial charge is 0.251 e. The Labute approximate surface area is 101 Å². The molecule has 1 aliphatic heterocycles. The van der Waals surface area contributed by atoms with E-state index in [2.05, 4.69) is 10.8 Å². The van der Waals surface area contributed by atoms with Gasteiger partial charge in [-0.25, -0.2) is 5.48 Å². The number of hydrogen-bond donors (Lipinski definition) is 3. The van der Waals surface area contributed by atoms with Gasteiger partial charge in [-0.2, -0.15) is 0 Å². The number of hydroxylamine groups is 1. The zero-order valence-corrected chi connectivity index (χ0v) is 10.3. The SMILES string of the molecule is CCCC1(C(=O)NOCC(N)=O)CCCNC1. The Morgan fingerprint density at radius 3 is 2.82 bits per heavy atom. The minimum absolute atomic E-state index is 0.159. The Bertz CT molecular complexity index is 270. The first-order valence-corrected chi connectivity index (χ1v) is 6.02. The van der Waals surface area contributed by atoms with Crippen LogP contribution in [-0.4, -0.2) is 31.5 Å². The molecule has 0 aliphatic carbocycles. The molecule has 1 unspecified atom stereocenters. The highest BCUT2D eigenvalue weighted by molar-refractivity contribution is 5.82. The van der Waals surface area contributed by atoms with Gasteiger partial charge in [-0.1, -0.05) is 13.3 Å². The van der Waals surface area contributed by atoms with E-state index < -0.39 is 11.3 Å². The lowest BCUT2D eigenvalue weighted by atomic mass is 9.76. The van der Waals surface area contributed by atoms with Gasteiger partial charge >= 0.3 is 0 Å². The predicted molar refractivity (Wildman–Crippen MR) is 62.7 cm³/mol. The van der Waals surface area contributed by atoms with Gasteiger partial charge in [-0.3, -0.25) is 14.4 Å². The highest BCUT2D eigenvalue weighted by Gasteiger charge is 2.38. The molecule has 0 radical (unpaired) electrons. The Morgan fingerprint density at radius 1 is 1.53 bits per heavy atom. The maximum Gasteiger partial charge on any atom is 0.251 e. The van der Waals surface area contributed by atoms with Crippen molar-refractivity contribution < 1.29 is 14.4 Å². The number of primary amides is 1. The number of rotatable bonds is 6. The van der Waals surface area contributed by atoms with Crippen molar-refractivity contribution >= 4 is 11.8 Å². The average Bonchev–Trinajstić information content (AvgIpc) is 2.30. The molecule has 98 valence electrons. The molecule has 0 aromatic rings. The first-order valence-electron chi connectivity index (χ1n) is 6.02. The second-order valence-electron chi connectivity index (χ2n) is 4.50. The van der Waals surface area contributed by atoms with Gasteiger partial charge in [-0.05, 0) is 25.8 Å². The third-order valence-corrected chi connectivity index (χ3v) is 3.06. The van der Waals surface area contributed by atoms with Gasteiger partial charge < -0.3 is 11.1 Å². The molecule has 17 heavy (non-hydrogen) atoms. The molecular weight excluding hydrogens is 222 g/mol. The maximum absolute atomic E-state index is 12.1. The van der Waals surface area contributed by atoms with Crippen LogP contribution in [0.3, 0.4) is 0 Å². The minimum Gasteiger partial charge on any atom is -0.368 e. The molecular formula is C11H21N3O3. The van der Waals surface area contributed by atoms with Crippen LogP contribution in [-0.2, 0) is 14.4 Å². The zero-order valence-electron chi connectivity index (χ0n) is 10.3. The molecule has 6 nitrogen and oxygen atoms in total. The highest BCUT2D eigenvalue weighted by atomic mass is 16.7. The molecule has 0 aromatic heterocycles. The van der Waals surface area contributed by atoms with Gasteiger partial charge in [0.25, 0.3) is 5.91 Å². The Morgan fingerprint density at radius 2 is 2.29 bits per heavy atom. The number of piperidine rings is 1. The van der Waals surface area contributed by atoms with Crippen molar-refractivity contribution in [1.29, 1.82) is 0 Å². The van der Waals surface area contributed by atoms with Crippen LogP contribution in [0.1, 0.15) is 32.6 Å². The summed E-state index contributed by atoms with van der Waals surface area (Å²) >= 11 is 0. The van der Waals surface area contributed by atoms with Gasteiger partial charge in [-0.15, -0.1) is 0 Å². The second-order valence-corrected chi connectivity index (χ2v) is 4.50. The summed E-state index contributed by atoms with van der Waals surface area (Å²) in [5.74, 6) is -0.760. The van der Waals surface area contributed by atoms with Crippen LogP contribution in [0.15, 0.2) is 0 Å². The molecule has 1 saturated heterocycles. The fraction of sp³-hybridized carbons (Fsp3) is 0.818. The third-order valence-electron chi connectivity index (χ3n) is 3.06. The number of carbonyl (C=O) groups is 2. The molecule has 0 bridgehead atoms. The predicted octanol–water partition coefficient (Wildman–Crippen LogP) is -0.311. The minimum atomic E-state index is -0.600. The van der Waals surface area contributed by atoms with Crippen molar-refractivity contribution in [3.8, 4) is 0 Å². The molecule has 0 saturated carbocycles. The van der Waals surface area contributed by atoms with Crippen LogP contribution < -0.4 is 16.5 Å². The van der Waals surface area contributed by atoms with E-state index in [4.69, 9.17) is 10.6 Å².